The Kier molecular flexibility index (Phi) is 6.97. The van der Waals surface area contributed by atoms with Crippen molar-refractivity contribution < 1.29 is 23.0 Å². The molecule has 5 nitrogen and oxygen atoms in total. The van der Waals surface area contributed by atoms with Crippen LogP contribution < -0.4 is 19.5 Å². The van der Waals surface area contributed by atoms with Crippen molar-refractivity contribution in [3.63, 3.8) is 0 Å². The smallest absolute Gasteiger partial charge is 0.387 e. The number of nitrogens with one attached hydrogen (secondary N) is 1. The van der Waals surface area contributed by atoms with Gasteiger partial charge in [-0.1, -0.05) is 12.1 Å². The van der Waals surface area contributed by atoms with Crippen LogP contribution in [0.5, 0.6) is 17.2 Å². The summed E-state index contributed by atoms with van der Waals surface area (Å²) in [5.74, 6) is 0.952. The highest BCUT2D eigenvalue weighted by Crippen LogP contribution is 2.30. The second kappa shape index (κ2) is 9.19. The first kappa shape index (κ1) is 19.7. The molecule has 0 fully saturated rings. The molecule has 0 aliphatic carbocycles. The molecule has 1 N–H and O–H groups in total. The predicted molar refractivity (Wildman–Crippen MR) is 100 cm³/mol. The Morgan fingerprint density at radius 3 is 2.54 bits per heavy atom. The lowest BCUT2D eigenvalue weighted by molar-refractivity contribution is -0.0512. The standard InChI is InChI=1S/C18H20F2N2O3S/c1-22(18(26)21-13-5-4-6-14(10-13)23-2)11-12-7-8-15(25-17(19)20)16(9-12)24-3/h4-10,17H,11H2,1-3H3,(H,21,26). The van der Waals surface area contributed by atoms with Gasteiger partial charge in [-0.25, -0.2) is 0 Å². The summed E-state index contributed by atoms with van der Waals surface area (Å²) in [5.41, 5.74) is 1.64. The molecule has 0 atom stereocenters. The minimum Gasteiger partial charge on any atom is -0.497 e. The highest BCUT2D eigenvalue weighted by Gasteiger charge is 2.13. The number of thiocarbonyl (C=S) groups is 1. The second-order valence-corrected chi connectivity index (χ2v) is 5.77. The molecule has 2 rings (SSSR count). The fraction of sp³-hybridized carbons (Fsp3) is 0.278. The van der Waals surface area contributed by atoms with Crippen molar-refractivity contribution in [2.24, 2.45) is 0 Å². The van der Waals surface area contributed by atoms with Crippen molar-refractivity contribution in [3.8, 4) is 17.2 Å². The van der Waals surface area contributed by atoms with E-state index in [1.54, 1.807) is 19.2 Å². The van der Waals surface area contributed by atoms with Crippen molar-refractivity contribution in [2.45, 2.75) is 13.2 Å². The number of benzene rings is 2. The van der Waals surface area contributed by atoms with Crippen LogP contribution in [0.15, 0.2) is 42.5 Å². The Morgan fingerprint density at radius 2 is 1.88 bits per heavy atom. The van der Waals surface area contributed by atoms with E-state index in [-0.39, 0.29) is 11.5 Å². The zero-order valence-corrected chi connectivity index (χ0v) is 15.5. The Hall–Kier alpha value is -2.61. The van der Waals surface area contributed by atoms with Crippen LogP contribution in [0, 0.1) is 0 Å². The monoisotopic (exact) mass is 382 g/mol. The van der Waals surface area contributed by atoms with Crippen LogP contribution in [-0.4, -0.2) is 37.9 Å². The van der Waals surface area contributed by atoms with Gasteiger partial charge in [0.1, 0.15) is 5.75 Å². The van der Waals surface area contributed by atoms with E-state index in [1.807, 2.05) is 36.2 Å². The summed E-state index contributed by atoms with van der Waals surface area (Å²) >= 11 is 5.40. The first-order valence-electron chi connectivity index (χ1n) is 7.71. The lowest BCUT2D eigenvalue weighted by atomic mass is 10.2. The van der Waals surface area contributed by atoms with Crippen LogP contribution >= 0.6 is 12.2 Å². The van der Waals surface area contributed by atoms with E-state index in [2.05, 4.69) is 10.1 Å². The fourth-order valence-corrected chi connectivity index (χ4v) is 2.45. The van der Waals surface area contributed by atoms with E-state index in [1.165, 1.54) is 13.2 Å². The third-order valence-corrected chi connectivity index (χ3v) is 3.95. The number of methoxy groups -OCH3 is 2. The van der Waals surface area contributed by atoms with Gasteiger partial charge in [0.25, 0.3) is 0 Å². The van der Waals surface area contributed by atoms with Gasteiger partial charge in [-0.2, -0.15) is 8.78 Å². The summed E-state index contributed by atoms with van der Waals surface area (Å²) in [7, 11) is 4.82. The third kappa shape index (κ3) is 5.45. The van der Waals surface area contributed by atoms with Crippen molar-refractivity contribution >= 4 is 23.0 Å². The van der Waals surface area contributed by atoms with Gasteiger partial charge in [-0.15, -0.1) is 0 Å². The first-order valence-corrected chi connectivity index (χ1v) is 8.11. The summed E-state index contributed by atoms with van der Waals surface area (Å²) in [6.07, 6.45) is 0. The highest BCUT2D eigenvalue weighted by molar-refractivity contribution is 7.80. The van der Waals surface area contributed by atoms with Crippen molar-refractivity contribution in [3.05, 3.63) is 48.0 Å². The van der Waals surface area contributed by atoms with E-state index >= 15 is 0 Å². The number of hydrogen-bond donors (Lipinski definition) is 1. The topological polar surface area (TPSA) is 43.0 Å². The molecular formula is C18H20F2N2O3S. The molecule has 0 aromatic heterocycles. The maximum absolute atomic E-state index is 12.4. The van der Waals surface area contributed by atoms with E-state index in [0.717, 1.165) is 17.0 Å². The fourth-order valence-electron chi connectivity index (χ4n) is 2.27. The average molecular weight is 382 g/mol. The van der Waals surface area contributed by atoms with Gasteiger partial charge < -0.3 is 24.4 Å². The quantitative estimate of drug-likeness (QED) is 0.727. The molecular weight excluding hydrogens is 362 g/mol. The molecule has 26 heavy (non-hydrogen) atoms. The molecule has 0 saturated heterocycles. The number of rotatable bonds is 7. The summed E-state index contributed by atoms with van der Waals surface area (Å²) < 4.78 is 39.5. The van der Waals surface area contributed by atoms with Crippen LogP contribution in [0.4, 0.5) is 14.5 Å². The van der Waals surface area contributed by atoms with E-state index in [4.69, 9.17) is 21.7 Å². The van der Waals surface area contributed by atoms with Gasteiger partial charge in [-0.3, -0.25) is 0 Å². The maximum Gasteiger partial charge on any atom is 0.387 e. The summed E-state index contributed by atoms with van der Waals surface area (Å²) in [5, 5.41) is 3.63. The van der Waals surface area contributed by atoms with Gasteiger partial charge in [0, 0.05) is 25.3 Å². The Morgan fingerprint density at radius 1 is 1.12 bits per heavy atom. The Labute approximate surface area is 156 Å². The molecule has 0 saturated carbocycles. The zero-order chi connectivity index (χ0) is 19.1. The minimum absolute atomic E-state index is 0.00835. The van der Waals surface area contributed by atoms with E-state index in [0.29, 0.717) is 11.7 Å². The largest absolute Gasteiger partial charge is 0.497 e. The van der Waals surface area contributed by atoms with Crippen LogP contribution in [0.3, 0.4) is 0 Å². The summed E-state index contributed by atoms with van der Waals surface area (Å²) in [6.45, 7) is -2.45. The number of hydrogen-bond acceptors (Lipinski definition) is 4. The molecule has 0 aliphatic heterocycles. The second-order valence-electron chi connectivity index (χ2n) is 5.38. The molecule has 0 spiro atoms. The molecule has 140 valence electrons. The molecule has 2 aromatic carbocycles. The third-order valence-electron chi connectivity index (χ3n) is 3.53. The van der Waals surface area contributed by atoms with Crippen LogP contribution in [-0.2, 0) is 6.54 Å². The van der Waals surface area contributed by atoms with Gasteiger partial charge in [0.05, 0.1) is 14.2 Å². The highest BCUT2D eigenvalue weighted by atomic mass is 32.1. The molecule has 0 heterocycles. The number of alkyl halides is 2. The molecule has 8 heteroatoms. The number of ether oxygens (including phenoxy) is 3. The lowest BCUT2D eigenvalue weighted by Crippen LogP contribution is -2.30. The zero-order valence-electron chi connectivity index (χ0n) is 14.7. The molecule has 0 aliphatic rings. The van der Waals surface area contributed by atoms with Gasteiger partial charge in [0.15, 0.2) is 16.6 Å². The van der Waals surface area contributed by atoms with Crippen molar-refractivity contribution in [1.29, 1.82) is 0 Å². The molecule has 0 unspecified atom stereocenters. The number of nitrogens with zero attached hydrogens (tertiary/aromatic N) is 1. The van der Waals surface area contributed by atoms with Gasteiger partial charge >= 0.3 is 6.61 Å². The molecule has 2 aromatic rings. The molecule has 0 radical (unpaired) electrons. The normalized spacial score (nSPS) is 10.4. The van der Waals surface area contributed by atoms with Gasteiger partial charge in [-0.05, 0) is 42.0 Å². The van der Waals surface area contributed by atoms with E-state index < -0.39 is 6.61 Å². The van der Waals surface area contributed by atoms with Crippen LogP contribution in [0.2, 0.25) is 0 Å². The maximum atomic E-state index is 12.4. The van der Waals surface area contributed by atoms with Crippen LogP contribution in [0.25, 0.3) is 0 Å². The minimum atomic E-state index is -2.91. The van der Waals surface area contributed by atoms with E-state index in [9.17, 15) is 8.78 Å². The molecule has 0 bridgehead atoms. The van der Waals surface area contributed by atoms with Crippen molar-refractivity contribution in [2.75, 3.05) is 26.6 Å². The first-order chi connectivity index (χ1) is 12.4. The summed E-state index contributed by atoms with van der Waals surface area (Å²) in [4.78, 5) is 1.82. The number of halogens is 2. The average Bonchev–Trinajstić information content (AvgIpc) is 2.62. The van der Waals surface area contributed by atoms with Gasteiger partial charge in [0.2, 0.25) is 0 Å². The Bertz CT molecular complexity index is 759. The SMILES string of the molecule is COc1cccc(NC(=S)N(C)Cc2ccc(OC(F)F)c(OC)c2)c1. The predicted octanol–water partition coefficient (Wildman–Crippen LogP) is 4.13. The van der Waals surface area contributed by atoms with Crippen molar-refractivity contribution in [1.82, 2.24) is 4.90 Å². The van der Waals surface area contributed by atoms with Crippen LogP contribution in [0.1, 0.15) is 5.56 Å². The lowest BCUT2D eigenvalue weighted by Gasteiger charge is -2.22. The summed E-state index contributed by atoms with van der Waals surface area (Å²) in [6, 6.07) is 12.2. The molecule has 0 amide bonds. The number of anilines is 1. The Balaban J connectivity index is 2.03.